The number of carbonyl (C=O) groups is 3. The van der Waals surface area contributed by atoms with Gasteiger partial charge in [0.15, 0.2) is 12.4 Å². The van der Waals surface area contributed by atoms with Crippen molar-refractivity contribution >= 4 is 17.9 Å². The van der Waals surface area contributed by atoms with Crippen LogP contribution in [0, 0.1) is 0 Å². The van der Waals surface area contributed by atoms with E-state index in [-0.39, 0.29) is 18.6 Å². The molecule has 1 fully saturated rings. The molecule has 0 aromatic heterocycles. The number of carbonyl (C=O) groups excluding carboxylic acids is 3. The lowest BCUT2D eigenvalue weighted by Crippen LogP contribution is -2.53. The normalized spacial score (nSPS) is 21.5. The smallest absolute Gasteiger partial charge is 0.338 e. The Morgan fingerprint density at radius 3 is 1.69 bits per heavy atom. The average molecular weight is 476 g/mol. The number of hydrogen-bond donors (Lipinski definition) is 1. The summed E-state index contributed by atoms with van der Waals surface area (Å²) >= 11 is 0. The number of rotatable bonds is 7. The minimum Gasteiger partial charge on any atom is -0.459 e. The molecule has 1 aliphatic heterocycles. The molecule has 0 spiro atoms. The van der Waals surface area contributed by atoms with E-state index in [0.717, 1.165) is 0 Å². The molecule has 0 radical (unpaired) electrons. The minimum atomic E-state index is -1.61. The van der Waals surface area contributed by atoms with Gasteiger partial charge in [0.05, 0.1) is 22.8 Å². The van der Waals surface area contributed by atoms with Gasteiger partial charge in [0, 0.05) is 6.42 Å². The van der Waals surface area contributed by atoms with Crippen molar-refractivity contribution in [3.63, 3.8) is 0 Å². The van der Waals surface area contributed by atoms with E-state index in [1.165, 1.54) is 0 Å². The van der Waals surface area contributed by atoms with Gasteiger partial charge in [-0.25, -0.2) is 14.4 Å². The molecule has 4 atom stereocenters. The third kappa shape index (κ3) is 6.32. The fraction of sp³-hybridized carbons (Fsp3) is 0.222. The van der Waals surface area contributed by atoms with Gasteiger partial charge < -0.3 is 24.1 Å². The zero-order chi connectivity index (χ0) is 24.6. The summed E-state index contributed by atoms with van der Waals surface area (Å²) in [5.41, 5.74) is 0.936. The molecule has 8 nitrogen and oxygen atoms in total. The molecule has 4 rings (SSSR count). The molecule has 8 heteroatoms. The van der Waals surface area contributed by atoms with Crippen LogP contribution in [-0.4, -0.2) is 54.2 Å². The van der Waals surface area contributed by atoms with Gasteiger partial charge in [0.2, 0.25) is 0 Å². The lowest BCUT2D eigenvalue weighted by Gasteiger charge is -2.38. The Morgan fingerprint density at radius 1 is 0.714 bits per heavy atom. The molecular weight excluding hydrogens is 452 g/mol. The predicted molar refractivity (Wildman–Crippen MR) is 124 cm³/mol. The van der Waals surface area contributed by atoms with E-state index in [1.54, 1.807) is 91.0 Å². The first kappa shape index (κ1) is 24.1. The maximum Gasteiger partial charge on any atom is 0.338 e. The quantitative estimate of drug-likeness (QED) is 0.408. The molecule has 0 aliphatic carbocycles. The molecule has 3 aromatic carbocycles. The molecule has 35 heavy (non-hydrogen) atoms. The summed E-state index contributed by atoms with van der Waals surface area (Å²) in [4.78, 5) is 37.6. The number of ether oxygens (including phenoxy) is 4. The zero-order valence-electron chi connectivity index (χ0n) is 18.7. The van der Waals surface area contributed by atoms with Crippen LogP contribution in [0.3, 0.4) is 0 Å². The lowest BCUT2D eigenvalue weighted by atomic mass is 10.0. The average Bonchev–Trinajstić information content (AvgIpc) is 2.90. The number of benzene rings is 3. The van der Waals surface area contributed by atoms with Gasteiger partial charge in [-0.3, -0.25) is 0 Å². The van der Waals surface area contributed by atoms with E-state index >= 15 is 0 Å². The van der Waals surface area contributed by atoms with Crippen molar-refractivity contribution in [3.05, 3.63) is 108 Å². The van der Waals surface area contributed by atoms with Crippen LogP contribution in [0.15, 0.2) is 91.0 Å². The van der Waals surface area contributed by atoms with Crippen LogP contribution in [0.25, 0.3) is 0 Å². The number of aliphatic hydroxyl groups excluding tert-OH is 1. The second kappa shape index (κ2) is 11.4. The van der Waals surface area contributed by atoms with Crippen LogP contribution >= 0.6 is 0 Å². The predicted octanol–water partition coefficient (Wildman–Crippen LogP) is 3.40. The molecule has 1 unspecified atom stereocenters. The van der Waals surface area contributed by atoms with Gasteiger partial charge in [-0.05, 0) is 36.4 Å². The first-order valence-electron chi connectivity index (χ1n) is 11.1. The minimum absolute atomic E-state index is 0.0322. The van der Waals surface area contributed by atoms with E-state index in [2.05, 4.69) is 0 Å². The van der Waals surface area contributed by atoms with E-state index in [1.807, 2.05) is 0 Å². The van der Waals surface area contributed by atoms with E-state index in [9.17, 15) is 19.5 Å². The Balaban J connectivity index is 1.47. The number of aliphatic hydroxyl groups is 1. The summed E-state index contributed by atoms with van der Waals surface area (Å²) in [6.45, 7) is -0.191. The molecule has 0 bridgehead atoms. The first-order valence-corrected chi connectivity index (χ1v) is 11.1. The molecule has 1 heterocycles. The fourth-order valence-electron chi connectivity index (χ4n) is 3.64. The highest BCUT2D eigenvalue weighted by Crippen LogP contribution is 2.26. The van der Waals surface area contributed by atoms with Crippen molar-refractivity contribution in [3.8, 4) is 0 Å². The summed E-state index contributed by atoms with van der Waals surface area (Å²) in [7, 11) is 0. The van der Waals surface area contributed by atoms with Crippen molar-refractivity contribution in [1.29, 1.82) is 0 Å². The molecule has 180 valence electrons. The van der Waals surface area contributed by atoms with Gasteiger partial charge in [0.1, 0.15) is 12.7 Å². The summed E-state index contributed by atoms with van der Waals surface area (Å²) in [5, 5.41) is 10.6. The van der Waals surface area contributed by atoms with Gasteiger partial charge in [-0.2, -0.15) is 0 Å². The summed E-state index contributed by atoms with van der Waals surface area (Å²) < 4.78 is 22.0. The van der Waals surface area contributed by atoms with E-state index in [0.29, 0.717) is 11.1 Å². The standard InChI is InChI=1S/C27H24O8/c28-24(18-10-4-1-5-11-18)32-17-21-16-22(34-25(29)19-12-6-2-7-13-19)23(27(31)33-21)35-26(30)20-14-8-3-9-15-20/h1-15,21-23,27,31H,16-17H2/t21?,22-,23-,27-/m0/s1. The summed E-state index contributed by atoms with van der Waals surface area (Å²) in [6.07, 6.45) is -4.69. The van der Waals surface area contributed by atoms with Crippen LogP contribution in [0.2, 0.25) is 0 Å². The molecule has 1 aliphatic rings. The topological polar surface area (TPSA) is 108 Å². The van der Waals surface area contributed by atoms with Crippen LogP contribution in [-0.2, 0) is 18.9 Å². The van der Waals surface area contributed by atoms with E-state index in [4.69, 9.17) is 18.9 Å². The Kier molecular flexibility index (Phi) is 7.87. The number of esters is 3. The molecule has 1 saturated heterocycles. The van der Waals surface area contributed by atoms with Crippen LogP contribution in [0.5, 0.6) is 0 Å². The van der Waals surface area contributed by atoms with Gasteiger partial charge in [-0.15, -0.1) is 0 Å². The van der Waals surface area contributed by atoms with Crippen molar-refractivity contribution in [1.82, 2.24) is 0 Å². The van der Waals surface area contributed by atoms with Crippen LogP contribution in [0.1, 0.15) is 37.5 Å². The first-order chi connectivity index (χ1) is 17.0. The van der Waals surface area contributed by atoms with Crippen molar-refractivity contribution in [2.75, 3.05) is 6.61 Å². The third-order valence-electron chi connectivity index (χ3n) is 5.40. The molecule has 3 aromatic rings. The Bertz CT molecular complexity index is 1130. The molecule has 0 saturated carbocycles. The Morgan fingerprint density at radius 2 is 1.17 bits per heavy atom. The van der Waals surface area contributed by atoms with Crippen molar-refractivity contribution < 1.29 is 38.4 Å². The molecular formula is C27H24O8. The third-order valence-corrected chi connectivity index (χ3v) is 5.40. The van der Waals surface area contributed by atoms with Crippen molar-refractivity contribution in [2.24, 2.45) is 0 Å². The summed E-state index contributed by atoms with van der Waals surface area (Å²) in [6, 6.07) is 25.0. The highest BCUT2D eigenvalue weighted by atomic mass is 16.7. The van der Waals surface area contributed by atoms with Crippen molar-refractivity contribution in [2.45, 2.75) is 31.0 Å². The highest BCUT2D eigenvalue weighted by Gasteiger charge is 2.43. The second-order valence-corrected chi connectivity index (χ2v) is 7.89. The van der Waals surface area contributed by atoms with Gasteiger partial charge in [0.25, 0.3) is 0 Å². The monoisotopic (exact) mass is 476 g/mol. The van der Waals surface area contributed by atoms with Crippen LogP contribution < -0.4 is 0 Å². The largest absolute Gasteiger partial charge is 0.459 e. The van der Waals surface area contributed by atoms with Gasteiger partial charge >= 0.3 is 17.9 Å². The Labute approximate surface area is 202 Å². The molecule has 0 amide bonds. The maximum atomic E-state index is 12.7. The maximum absolute atomic E-state index is 12.7. The Hall–Kier alpha value is -4.01. The van der Waals surface area contributed by atoms with E-state index < -0.39 is 42.5 Å². The second-order valence-electron chi connectivity index (χ2n) is 7.89. The lowest BCUT2D eigenvalue weighted by molar-refractivity contribution is -0.251. The fourth-order valence-corrected chi connectivity index (χ4v) is 3.64. The zero-order valence-corrected chi connectivity index (χ0v) is 18.7. The molecule has 1 N–H and O–H groups in total. The van der Waals surface area contributed by atoms with Gasteiger partial charge in [-0.1, -0.05) is 54.6 Å². The SMILES string of the molecule is O=C(OCC1C[C@H](OC(=O)c2ccccc2)[C@H](OC(=O)c2ccccc2)[C@@H](O)O1)c1ccccc1. The van der Waals surface area contributed by atoms with Crippen LogP contribution in [0.4, 0.5) is 0 Å². The summed E-state index contributed by atoms with van der Waals surface area (Å²) in [5.74, 6) is -1.90. The number of hydrogen-bond acceptors (Lipinski definition) is 8. The highest BCUT2D eigenvalue weighted by molar-refractivity contribution is 5.90.